The second-order valence-electron chi connectivity index (χ2n) is 9.24. The maximum Gasteiger partial charge on any atom is 0.264 e. The van der Waals surface area contributed by atoms with Crippen molar-refractivity contribution in [3.8, 4) is 0 Å². The summed E-state index contributed by atoms with van der Waals surface area (Å²) in [7, 11) is -4.05. The summed E-state index contributed by atoms with van der Waals surface area (Å²) < 4.78 is 28.5. The van der Waals surface area contributed by atoms with Crippen LogP contribution in [0.25, 0.3) is 0 Å². The zero-order valence-corrected chi connectivity index (χ0v) is 23.2. The minimum Gasteiger partial charge on any atom is -0.354 e. The van der Waals surface area contributed by atoms with E-state index in [0.717, 1.165) is 28.3 Å². The maximum atomic E-state index is 14.0. The Balaban J connectivity index is 1.99. The molecule has 0 saturated carbocycles. The number of hydrogen-bond acceptors (Lipinski definition) is 4. The average molecular weight is 536 g/mol. The van der Waals surface area contributed by atoms with Gasteiger partial charge >= 0.3 is 0 Å². The van der Waals surface area contributed by atoms with E-state index < -0.39 is 28.5 Å². The molecule has 2 amide bonds. The molecule has 38 heavy (non-hydrogen) atoms. The summed E-state index contributed by atoms with van der Waals surface area (Å²) in [4.78, 5) is 28.7. The molecule has 0 heterocycles. The fourth-order valence-corrected chi connectivity index (χ4v) is 5.59. The van der Waals surface area contributed by atoms with Crippen LogP contribution in [0, 0.1) is 6.92 Å². The van der Waals surface area contributed by atoms with Crippen LogP contribution in [0.2, 0.25) is 0 Å². The molecule has 0 aliphatic rings. The van der Waals surface area contributed by atoms with E-state index in [0.29, 0.717) is 18.7 Å². The molecule has 0 fully saturated rings. The lowest BCUT2D eigenvalue weighted by molar-refractivity contribution is -0.140. The van der Waals surface area contributed by atoms with Crippen molar-refractivity contribution in [3.63, 3.8) is 0 Å². The molecule has 0 spiro atoms. The highest BCUT2D eigenvalue weighted by atomic mass is 32.2. The fraction of sp³-hybridized carbons (Fsp3) is 0.333. The van der Waals surface area contributed by atoms with Gasteiger partial charge in [0, 0.05) is 13.1 Å². The molecule has 0 saturated heterocycles. The van der Waals surface area contributed by atoms with Gasteiger partial charge in [0.05, 0.1) is 10.6 Å². The molecule has 0 bridgehead atoms. The summed E-state index contributed by atoms with van der Waals surface area (Å²) in [6.07, 6.45) is 2.17. The van der Waals surface area contributed by atoms with Crippen LogP contribution in [0.5, 0.6) is 0 Å². The Morgan fingerprint density at radius 1 is 0.868 bits per heavy atom. The number of para-hydroxylation sites is 1. The average Bonchev–Trinajstić information content (AvgIpc) is 2.93. The number of aryl methyl sites for hydroxylation is 1. The third kappa shape index (κ3) is 7.44. The molecule has 0 radical (unpaired) electrons. The molecule has 0 aromatic heterocycles. The van der Waals surface area contributed by atoms with Crippen molar-refractivity contribution in [2.75, 3.05) is 17.4 Å². The van der Waals surface area contributed by atoms with E-state index in [2.05, 4.69) is 5.32 Å². The molecule has 7 nitrogen and oxygen atoms in total. The van der Waals surface area contributed by atoms with Crippen molar-refractivity contribution in [2.24, 2.45) is 0 Å². The van der Waals surface area contributed by atoms with E-state index in [4.69, 9.17) is 0 Å². The predicted molar refractivity (Wildman–Crippen MR) is 151 cm³/mol. The zero-order chi connectivity index (χ0) is 27.5. The first kappa shape index (κ1) is 28.9. The van der Waals surface area contributed by atoms with E-state index in [1.54, 1.807) is 48.5 Å². The summed E-state index contributed by atoms with van der Waals surface area (Å²) >= 11 is 0. The van der Waals surface area contributed by atoms with Crippen LogP contribution < -0.4 is 9.62 Å². The van der Waals surface area contributed by atoms with Crippen molar-refractivity contribution >= 4 is 27.5 Å². The third-order valence-corrected chi connectivity index (χ3v) is 8.13. The van der Waals surface area contributed by atoms with Gasteiger partial charge in [-0.2, -0.15) is 0 Å². The molecule has 3 aromatic carbocycles. The highest BCUT2D eigenvalue weighted by Gasteiger charge is 2.33. The van der Waals surface area contributed by atoms with Gasteiger partial charge in [0.15, 0.2) is 0 Å². The molecule has 1 N–H and O–H groups in total. The van der Waals surface area contributed by atoms with Gasteiger partial charge in [-0.15, -0.1) is 0 Å². The predicted octanol–water partition coefficient (Wildman–Crippen LogP) is 4.91. The Bertz CT molecular complexity index is 1280. The van der Waals surface area contributed by atoms with Gasteiger partial charge < -0.3 is 10.2 Å². The summed E-state index contributed by atoms with van der Waals surface area (Å²) in [5, 5.41) is 2.94. The van der Waals surface area contributed by atoms with Crippen LogP contribution in [0.3, 0.4) is 0 Å². The Morgan fingerprint density at radius 3 is 2.05 bits per heavy atom. The number of benzene rings is 3. The van der Waals surface area contributed by atoms with Crippen LogP contribution in [0.4, 0.5) is 5.69 Å². The molecule has 202 valence electrons. The number of amides is 2. The number of nitrogens with one attached hydrogen (secondary N) is 1. The Hall–Kier alpha value is -3.65. The Morgan fingerprint density at radius 2 is 1.47 bits per heavy atom. The van der Waals surface area contributed by atoms with E-state index >= 15 is 0 Å². The highest BCUT2D eigenvalue weighted by molar-refractivity contribution is 7.92. The topological polar surface area (TPSA) is 86.8 Å². The molecule has 8 heteroatoms. The smallest absolute Gasteiger partial charge is 0.264 e. The molecule has 1 atom stereocenters. The van der Waals surface area contributed by atoms with E-state index in [1.807, 2.05) is 45.0 Å². The van der Waals surface area contributed by atoms with Crippen LogP contribution in [-0.4, -0.2) is 44.3 Å². The van der Waals surface area contributed by atoms with E-state index in [1.165, 1.54) is 17.0 Å². The van der Waals surface area contributed by atoms with E-state index in [-0.39, 0.29) is 17.3 Å². The highest BCUT2D eigenvalue weighted by Crippen LogP contribution is 2.24. The fourth-order valence-electron chi connectivity index (χ4n) is 4.16. The van der Waals surface area contributed by atoms with Crippen LogP contribution in [0.1, 0.15) is 44.2 Å². The summed E-state index contributed by atoms with van der Waals surface area (Å²) in [5.41, 5.74) is 2.32. The minimum atomic E-state index is -4.05. The number of carbonyl (C=O) groups is 2. The zero-order valence-electron chi connectivity index (χ0n) is 22.3. The monoisotopic (exact) mass is 535 g/mol. The molecular weight excluding hydrogens is 498 g/mol. The third-order valence-electron chi connectivity index (χ3n) is 6.34. The van der Waals surface area contributed by atoms with E-state index in [9.17, 15) is 18.0 Å². The number of nitrogens with zero attached hydrogens (tertiary/aromatic N) is 2. The molecule has 0 aliphatic carbocycles. The summed E-state index contributed by atoms with van der Waals surface area (Å²) in [6.45, 7) is 6.15. The largest absolute Gasteiger partial charge is 0.354 e. The van der Waals surface area contributed by atoms with Gasteiger partial charge in [-0.1, -0.05) is 86.5 Å². The van der Waals surface area contributed by atoms with Gasteiger partial charge in [0.2, 0.25) is 11.8 Å². The Kier molecular flexibility index (Phi) is 10.5. The second-order valence-corrected chi connectivity index (χ2v) is 11.1. The lowest BCUT2D eigenvalue weighted by Gasteiger charge is -2.33. The number of unbranched alkanes of at least 4 members (excludes halogenated alkanes) is 1. The Labute approximate surface area is 226 Å². The van der Waals surface area contributed by atoms with Crippen molar-refractivity contribution < 1.29 is 18.0 Å². The quantitative estimate of drug-likeness (QED) is 0.315. The SMILES string of the molecule is CCCCNC(=O)C(CC)N(Cc1ccc(C)cc1)C(=O)CN(c1ccccc1)S(=O)(=O)c1ccccc1. The summed E-state index contributed by atoms with van der Waals surface area (Å²) in [6, 6.07) is 23.6. The molecule has 1 unspecified atom stereocenters. The first-order valence-electron chi connectivity index (χ1n) is 13.0. The van der Waals surface area contributed by atoms with Crippen LogP contribution >= 0.6 is 0 Å². The van der Waals surface area contributed by atoms with Gasteiger partial charge in [-0.25, -0.2) is 8.42 Å². The first-order valence-corrected chi connectivity index (χ1v) is 14.5. The lowest BCUT2D eigenvalue weighted by atomic mass is 10.1. The number of sulfonamides is 1. The van der Waals surface area contributed by atoms with Gasteiger partial charge in [0.25, 0.3) is 10.0 Å². The number of anilines is 1. The van der Waals surface area contributed by atoms with Gasteiger partial charge in [0.1, 0.15) is 12.6 Å². The number of rotatable bonds is 13. The summed E-state index contributed by atoms with van der Waals surface area (Å²) in [5.74, 6) is -0.690. The minimum absolute atomic E-state index is 0.0890. The molecular formula is C30H37N3O4S. The second kappa shape index (κ2) is 13.8. The molecule has 3 aromatic rings. The van der Waals surface area contributed by atoms with Crippen LogP contribution in [0.15, 0.2) is 89.8 Å². The van der Waals surface area contributed by atoms with Crippen molar-refractivity contribution in [1.82, 2.24) is 10.2 Å². The van der Waals surface area contributed by atoms with Gasteiger partial charge in [-0.3, -0.25) is 13.9 Å². The number of carbonyl (C=O) groups excluding carboxylic acids is 2. The lowest BCUT2D eigenvalue weighted by Crippen LogP contribution is -2.52. The number of hydrogen-bond donors (Lipinski definition) is 1. The van der Waals surface area contributed by atoms with Crippen LogP contribution in [-0.2, 0) is 26.2 Å². The van der Waals surface area contributed by atoms with Crippen molar-refractivity contribution in [3.05, 3.63) is 96.1 Å². The maximum absolute atomic E-state index is 14.0. The van der Waals surface area contributed by atoms with Crippen molar-refractivity contribution in [2.45, 2.75) is 57.5 Å². The first-order chi connectivity index (χ1) is 18.3. The standard InChI is InChI=1S/C30H37N3O4S/c1-4-6-21-31-30(35)28(5-2)32(22-25-19-17-24(3)18-20-25)29(34)23-33(26-13-9-7-10-14-26)38(36,37)27-15-11-8-12-16-27/h7-20,28H,4-6,21-23H2,1-3H3,(H,31,35). The van der Waals surface area contributed by atoms with Crippen molar-refractivity contribution in [1.29, 1.82) is 0 Å². The molecule has 3 rings (SSSR count). The normalized spacial score (nSPS) is 12.0. The van der Waals surface area contributed by atoms with Gasteiger partial charge in [-0.05, 0) is 49.6 Å². The molecule has 0 aliphatic heterocycles.